The molecule has 0 aliphatic carbocycles. The van der Waals surface area contributed by atoms with E-state index in [4.69, 9.17) is 9.47 Å². The molecule has 2 amide bonds. The van der Waals surface area contributed by atoms with Gasteiger partial charge in [-0.1, -0.05) is 6.07 Å². The van der Waals surface area contributed by atoms with Crippen molar-refractivity contribution in [1.82, 2.24) is 10.6 Å². The third-order valence-corrected chi connectivity index (χ3v) is 3.34. The number of carbonyl (C=O) groups is 1. The van der Waals surface area contributed by atoms with Crippen LogP contribution in [0, 0.1) is 0 Å². The van der Waals surface area contributed by atoms with Crippen molar-refractivity contribution in [3.8, 4) is 11.5 Å². The summed E-state index contributed by atoms with van der Waals surface area (Å²) in [6.07, 6.45) is 1.60. The van der Waals surface area contributed by atoms with E-state index in [9.17, 15) is 9.00 Å². The highest BCUT2D eigenvalue weighted by Gasteiger charge is 2.13. The van der Waals surface area contributed by atoms with Crippen LogP contribution in [0.1, 0.15) is 5.56 Å². The third kappa shape index (κ3) is 4.13. The maximum atomic E-state index is 11.5. The van der Waals surface area contributed by atoms with Gasteiger partial charge in [-0.2, -0.15) is 0 Å². The van der Waals surface area contributed by atoms with Crippen LogP contribution in [-0.2, 0) is 17.3 Å². The number of nitrogens with one attached hydrogen (secondary N) is 2. The second kappa shape index (κ2) is 6.42. The molecule has 104 valence electrons. The van der Waals surface area contributed by atoms with Crippen LogP contribution in [0.4, 0.5) is 4.79 Å². The van der Waals surface area contributed by atoms with Crippen LogP contribution >= 0.6 is 0 Å². The van der Waals surface area contributed by atoms with E-state index in [0.29, 0.717) is 24.6 Å². The monoisotopic (exact) mass is 284 g/mol. The predicted molar refractivity (Wildman–Crippen MR) is 71.7 cm³/mol. The number of amides is 2. The maximum absolute atomic E-state index is 11.5. The SMILES string of the molecule is C[S@](=O)CCNC(=O)NCc1ccc2c(c1)OCO2. The highest BCUT2D eigenvalue weighted by Crippen LogP contribution is 2.32. The summed E-state index contributed by atoms with van der Waals surface area (Å²) in [6.45, 7) is 1.04. The first-order valence-electron chi connectivity index (χ1n) is 5.85. The van der Waals surface area contributed by atoms with Gasteiger partial charge in [-0.05, 0) is 17.7 Å². The van der Waals surface area contributed by atoms with Gasteiger partial charge in [-0.15, -0.1) is 0 Å². The summed E-state index contributed by atoms with van der Waals surface area (Å²) in [7, 11) is -0.895. The van der Waals surface area contributed by atoms with Crippen LogP contribution in [0.2, 0.25) is 0 Å². The smallest absolute Gasteiger partial charge is 0.315 e. The Morgan fingerprint density at radius 2 is 2.11 bits per heavy atom. The fourth-order valence-electron chi connectivity index (χ4n) is 1.60. The summed E-state index contributed by atoms with van der Waals surface area (Å²) < 4.78 is 21.3. The molecular formula is C12H16N2O4S. The molecule has 2 rings (SSSR count). The van der Waals surface area contributed by atoms with E-state index in [1.165, 1.54) is 0 Å². The van der Waals surface area contributed by atoms with E-state index < -0.39 is 10.8 Å². The van der Waals surface area contributed by atoms with E-state index >= 15 is 0 Å². The lowest BCUT2D eigenvalue weighted by Crippen LogP contribution is -2.37. The molecule has 0 aromatic heterocycles. The molecule has 0 radical (unpaired) electrons. The van der Waals surface area contributed by atoms with Crippen LogP contribution in [0.15, 0.2) is 18.2 Å². The van der Waals surface area contributed by atoms with E-state index in [2.05, 4.69) is 10.6 Å². The lowest BCUT2D eigenvalue weighted by Gasteiger charge is -2.07. The number of benzene rings is 1. The Kier molecular flexibility index (Phi) is 4.62. The number of fused-ring (bicyclic) bond motifs is 1. The minimum absolute atomic E-state index is 0.237. The van der Waals surface area contributed by atoms with Gasteiger partial charge in [-0.3, -0.25) is 4.21 Å². The molecule has 2 N–H and O–H groups in total. The van der Waals surface area contributed by atoms with E-state index in [0.717, 1.165) is 11.3 Å². The summed E-state index contributed by atoms with van der Waals surface area (Å²) in [5.74, 6) is 1.87. The molecule has 0 fully saturated rings. The largest absolute Gasteiger partial charge is 0.454 e. The zero-order valence-corrected chi connectivity index (χ0v) is 11.4. The first-order valence-corrected chi connectivity index (χ1v) is 7.58. The Labute approximate surface area is 113 Å². The summed E-state index contributed by atoms with van der Waals surface area (Å²) >= 11 is 0. The molecule has 7 heteroatoms. The average Bonchev–Trinajstić information content (AvgIpc) is 2.83. The highest BCUT2D eigenvalue weighted by molar-refractivity contribution is 7.84. The van der Waals surface area contributed by atoms with Crippen molar-refractivity contribution in [2.75, 3.05) is 25.3 Å². The van der Waals surface area contributed by atoms with Crippen LogP contribution in [0.3, 0.4) is 0 Å². The molecule has 1 aliphatic heterocycles. The van der Waals surface area contributed by atoms with Crippen LogP contribution < -0.4 is 20.1 Å². The van der Waals surface area contributed by atoms with Crippen molar-refractivity contribution in [1.29, 1.82) is 0 Å². The number of urea groups is 1. The zero-order chi connectivity index (χ0) is 13.7. The molecule has 1 aromatic rings. The van der Waals surface area contributed by atoms with Crippen molar-refractivity contribution in [2.45, 2.75) is 6.54 Å². The molecule has 0 saturated heterocycles. The van der Waals surface area contributed by atoms with Crippen LogP contribution in [-0.4, -0.2) is 35.6 Å². The molecule has 0 spiro atoms. The van der Waals surface area contributed by atoms with Crippen molar-refractivity contribution in [2.24, 2.45) is 0 Å². The molecule has 19 heavy (non-hydrogen) atoms. The van der Waals surface area contributed by atoms with E-state index in [-0.39, 0.29) is 12.8 Å². The number of ether oxygens (including phenoxy) is 2. The number of hydrogen-bond donors (Lipinski definition) is 2. The van der Waals surface area contributed by atoms with Gasteiger partial charge < -0.3 is 20.1 Å². The standard InChI is InChI=1S/C12H16N2O4S/c1-19(16)5-4-13-12(15)14-7-9-2-3-10-11(6-9)18-8-17-10/h2-3,6H,4-5,7-8H2,1H3,(H2,13,14,15)/t19-/m0/s1. The molecule has 0 unspecified atom stereocenters. The molecular weight excluding hydrogens is 268 g/mol. The lowest BCUT2D eigenvalue weighted by atomic mass is 10.2. The summed E-state index contributed by atoms with van der Waals surface area (Å²) in [4.78, 5) is 11.5. The van der Waals surface area contributed by atoms with Gasteiger partial charge in [0.2, 0.25) is 6.79 Å². The van der Waals surface area contributed by atoms with Gasteiger partial charge in [0.25, 0.3) is 0 Å². The van der Waals surface area contributed by atoms with Crippen molar-refractivity contribution in [3.63, 3.8) is 0 Å². The normalized spacial score (nSPS) is 13.9. The van der Waals surface area contributed by atoms with Crippen molar-refractivity contribution in [3.05, 3.63) is 23.8 Å². The molecule has 0 bridgehead atoms. The first-order chi connectivity index (χ1) is 9.15. The van der Waals surface area contributed by atoms with Crippen molar-refractivity contribution >= 4 is 16.8 Å². The molecule has 1 atom stereocenters. The Balaban J connectivity index is 1.76. The highest BCUT2D eigenvalue weighted by atomic mass is 32.2. The number of carbonyl (C=O) groups excluding carboxylic acids is 1. The topological polar surface area (TPSA) is 76.7 Å². The van der Waals surface area contributed by atoms with Crippen LogP contribution in [0.25, 0.3) is 0 Å². The van der Waals surface area contributed by atoms with Crippen LogP contribution in [0.5, 0.6) is 11.5 Å². The molecule has 6 nitrogen and oxygen atoms in total. The fraction of sp³-hybridized carbons (Fsp3) is 0.417. The Morgan fingerprint density at radius 1 is 1.32 bits per heavy atom. The Morgan fingerprint density at radius 3 is 2.89 bits per heavy atom. The number of rotatable bonds is 5. The zero-order valence-electron chi connectivity index (χ0n) is 10.6. The first kappa shape index (κ1) is 13.7. The van der Waals surface area contributed by atoms with E-state index in [1.807, 2.05) is 18.2 Å². The Hall–Kier alpha value is -1.76. The molecule has 1 aliphatic rings. The van der Waals surface area contributed by atoms with Gasteiger partial charge in [0.15, 0.2) is 11.5 Å². The van der Waals surface area contributed by atoms with E-state index in [1.54, 1.807) is 6.26 Å². The number of hydrogen-bond acceptors (Lipinski definition) is 4. The second-order valence-corrected chi connectivity index (χ2v) is 5.63. The van der Waals surface area contributed by atoms with Gasteiger partial charge in [0.05, 0.1) is 0 Å². The quantitative estimate of drug-likeness (QED) is 0.830. The van der Waals surface area contributed by atoms with Crippen molar-refractivity contribution < 1.29 is 18.5 Å². The lowest BCUT2D eigenvalue weighted by molar-refractivity contribution is 0.174. The summed E-state index contributed by atoms with van der Waals surface area (Å²) in [5.41, 5.74) is 0.929. The molecule has 1 aromatic carbocycles. The second-order valence-electron chi connectivity index (χ2n) is 4.07. The fourth-order valence-corrected chi connectivity index (χ4v) is 1.99. The summed E-state index contributed by atoms with van der Waals surface area (Å²) in [6, 6.07) is 5.25. The molecule has 0 saturated carbocycles. The predicted octanol–water partition coefficient (Wildman–Crippen LogP) is 0.593. The van der Waals surface area contributed by atoms with Gasteiger partial charge >= 0.3 is 6.03 Å². The average molecular weight is 284 g/mol. The summed E-state index contributed by atoms with van der Waals surface area (Å²) in [5, 5.41) is 5.36. The Bertz CT molecular complexity index is 493. The minimum Gasteiger partial charge on any atom is -0.454 e. The third-order valence-electron chi connectivity index (χ3n) is 2.57. The minimum atomic E-state index is -0.895. The van der Waals surface area contributed by atoms with Gasteiger partial charge in [0, 0.05) is 35.9 Å². The van der Waals surface area contributed by atoms with Gasteiger partial charge in [0.1, 0.15) is 0 Å². The maximum Gasteiger partial charge on any atom is 0.315 e. The van der Waals surface area contributed by atoms with Gasteiger partial charge in [-0.25, -0.2) is 4.79 Å². The molecule has 1 heterocycles.